The summed E-state index contributed by atoms with van der Waals surface area (Å²) in [7, 11) is 0. The first-order valence-electron chi connectivity index (χ1n) is 7.63. The topological polar surface area (TPSA) is 64.6 Å². The molecule has 1 aromatic rings. The number of para-hydroxylation sites is 2. The number of carbonyl (C=O) groups excluding carboxylic acids is 1. The summed E-state index contributed by atoms with van der Waals surface area (Å²) in [6.07, 6.45) is 7.11. The molecule has 1 aliphatic rings. The van der Waals surface area contributed by atoms with Crippen molar-refractivity contribution in [3.8, 4) is 12.3 Å². The molecule has 0 saturated carbocycles. The van der Waals surface area contributed by atoms with Gasteiger partial charge in [0.25, 0.3) is 0 Å². The highest BCUT2D eigenvalue weighted by molar-refractivity contribution is 5.82. The number of hydrogen-bond donors (Lipinski definition) is 3. The molecule has 1 saturated heterocycles. The maximum absolute atomic E-state index is 11.6. The van der Waals surface area contributed by atoms with Crippen molar-refractivity contribution in [2.45, 2.75) is 12.8 Å². The molecule has 0 unspecified atom stereocenters. The molecule has 2 rings (SSSR count). The van der Waals surface area contributed by atoms with Crippen molar-refractivity contribution in [3.63, 3.8) is 0 Å². The summed E-state index contributed by atoms with van der Waals surface area (Å²) in [5.41, 5.74) is 2.05. The van der Waals surface area contributed by atoms with Crippen LogP contribution in [0.25, 0.3) is 0 Å². The smallest absolute Gasteiger partial charge is 0.240 e. The normalized spacial score (nSPS) is 15.2. The van der Waals surface area contributed by atoms with E-state index in [0.29, 0.717) is 5.92 Å². The Balaban J connectivity index is 1.95. The predicted molar refractivity (Wildman–Crippen MR) is 88.8 cm³/mol. The molecule has 1 aliphatic heterocycles. The number of benzene rings is 1. The van der Waals surface area contributed by atoms with Crippen molar-refractivity contribution in [1.29, 1.82) is 0 Å². The monoisotopic (exact) mass is 301 g/mol. The highest BCUT2D eigenvalue weighted by atomic mass is 16.3. The van der Waals surface area contributed by atoms with Crippen LogP contribution in [0.15, 0.2) is 24.3 Å². The number of amides is 1. The third kappa shape index (κ3) is 4.40. The standard InChI is InChI=1S/C17H23N3O2/c1-2-9-18-17(22)12-19-15-5-3-4-6-16(15)20-10-7-14(13-21)8-11-20/h1,3-6,14,19,21H,7-13H2,(H,18,22). The van der Waals surface area contributed by atoms with Gasteiger partial charge in [0.2, 0.25) is 5.91 Å². The lowest BCUT2D eigenvalue weighted by Crippen LogP contribution is -2.35. The Hall–Kier alpha value is -2.19. The van der Waals surface area contributed by atoms with Crippen molar-refractivity contribution >= 4 is 17.3 Å². The molecule has 1 fully saturated rings. The third-order valence-electron chi connectivity index (χ3n) is 3.94. The summed E-state index contributed by atoms with van der Waals surface area (Å²) in [6.45, 7) is 2.56. The predicted octanol–water partition coefficient (Wildman–Crippen LogP) is 1.06. The van der Waals surface area contributed by atoms with Crippen LogP contribution >= 0.6 is 0 Å². The molecule has 5 nitrogen and oxygen atoms in total. The fraction of sp³-hybridized carbons (Fsp3) is 0.471. The van der Waals surface area contributed by atoms with E-state index in [0.717, 1.165) is 37.3 Å². The first-order valence-corrected chi connectivity index (χ1v) is 7.63. The van der Waals surface area contributed by atoms with E-state index in [1.165, 1.54) is 0 Å². The molecule has 0 aromatic heterocycles. The number of aliphatic hydroxyl groups is 1. The van der Waals surface area contributed by atoms with Crippen LogP contribution < -0.4 is 15.5 Å². The number of aliphatic hydroxyl groups excluding tert-OH is 1. The molecule has 0 atom stereocenters. The molecule has 22 heavy (non-hydrogen) atoms. The Morgan fingerprint density at radius 2 is 2.09 bits per heavy atom. The summed E-state index contributed by atoms with van der Waals surface area (Å²) in [4.78, 5) is 13.9. The quantitative estimate of drug-likeness (QED) is 0.688. The Kier molecular flexibility index (Phi) is 6.11. The maximum Gasteiger partial charge on any atom is 0.240 e. The Morgan fingerprint density at radius 1 is 1.36 bits per heavy atom. The van der Waals surface area contributed by atoms with Crippen LogP contribution in [0.2, 0.25) is 0 Å². The molecule has 0 bridgehead atoms. The zero-order valence-electron chi connectivity index (χ0n) is 12.7. The minimum absolute atomic E-state index is 0.119. The number of piperidine rings is 1. The van der Waals surface area contributed by atoms with Gasteiger partial charge in [-0.15, -0.1) is 6.42 Å². The molecular weight excluding hydrogens is 278 g/mol. The van der Waals surface area contributed by atoms with Crippen LogP contribution in [0.1, 0.15) is 12.8 Å². The van der Waals surface area contributed by atoms with Gasteiger partial charge in [-0.3, -0.25) is 4.79 Å². The van der Waals surface area contributed by atoms with Crippen molar-refractivity contribution in [1.82, 2.24) is 5.32 Å². The molecule has 0 spiro atoms. The lowest BCUT2D eigenvalue weighted by Gasteiger charge is -2.34. The van der Waals surface area contributed by atoms with E-state index in [4.69, 9.17) is 6.42 Å². The second-order valence-electron chi connectivity index (χ2n) is 5.46. The summed E-state index contributed by atoms with van der Waals surface area (Å²) in [5, 5.41) is 15.0. The zero-order valence-corrected chi connectivity index (χ0v) is 12.7. The molecule has 1 heterocycles. The Bertz CT molecular complexity index is 531. The van der Waals surface area contributed by atoms with Crippen molar-refractivity contribution in [2.75, 3.05) is 43.0 Å². The molecule has 118 valence electrons. The van der Waals surface area contributed by atoms with Gasteiger partial charge in [-0.25, -0.2) is 0 Å². The minimum Gasteiger partial charge on any atom is -0.396 e. The van der Waals surface area contributed by atoms with Gasteiger partial charge in [0.1, 0.15) is 0 Å². The van der Waals surface area contributed by atoms with Gasteiger partial charge >= 0.3 is 0 Å². The van der Waals surface area contributed by atoms with Gasteiger partial charge < -0.3 is 20.6 Å². The van der Waals surface area contributed by atoms with Crippen LogP contribution in [0.4, 0.5) is 11.4 Å². The average Bonchev–Trinajstić information content (AvgIpc) is 2.58. The van der Waals surface area contributed by atoms with Crippen LogP contribution in [0.5, 0.6) is 0 Å². The van der Waals surface area contributed by atoms with Crippen molar-refractivity contribution < 1.29 is 9.90 Å². The van der Waals surface area contributed by atoms with Crippen LogP contribution in [-0.4, -0.2) is 43.8 Å². The molecule has 1 aromatic carbocycles. The van der Waals surface area contributed by atoms with Crippen LogP contribution in [0.3, 0.4) is 0 Å². The Morgan fingerprint density at radius 3 is 2.77 bits per heavy atom. The first kappa shape index (κ1) is 16.2. The molecule has 1 amide bonds. The first-order chi connectivity index (χ1) is 10.7. The molecule has 0 radical (unpaired) electrons. The van der Waals surface area contributed by atoms with Gasteiger partial charge in [0, 0.05) is 19.7 Å². The molecule has 5 heteroatoms. The van der Waals surface area contributed by atoms with E-state index in [2.05, 4.69) is 27.5 Å². The average molecular weight is 301 g/mol. The highest BCUT2D eigenvalue weighted by Gasteiger charge is 2.20. The van der Waals surface area contributed by atoms with Gasteiger partial charge in [-0.1, -0.05) is 18.1 Å². The maximum atomic E-state index is 11.6. The third-order valence-corrected chi connectivity index (χ3v) is 3.94. The summed E-state index contributed by atoms with van der Waals surface area (Å²) in [6, 6.07) is 7.98. The number of nitrogens with zero attached hydrogens (tertiary/aromatic N) is 1. The van der Waals surface area contributed by atoms with Crippen molar-refractivity contribution in [3.05, 3.63) is 24.3 Å². The summed E-state index contributed by atoms with van der Waals surface area (Å²) >= 11 is 0. The number of hydrogen-bond acceptors (Lipinski definition) is 4. The van der Waals surface area contributed by atoms with E-state index in [1.807, 2.05) is 18.2 Å². The SMILES string of the molecule is C#CCNC(=O)CNc1ccccc1N1CCC(CO)CC1. The van der Waals surface area contributed by atoms with E-state index in [-0.39, 0.29) is 25.6 Å². The van der Waals surface area contributed by atoms with E-state index < -0.39 is 0 Å². The largest absolute Gasteiger partial charge is 0.396 e. The highest BCUT2D eigenvalue weighted by Crippen LogP contribution is 2.29. The molecule has 0 aliphatic carbocycles. The van der Waals surface area contributed by atoms with E-state index >= 15 is 0 Å². The molecule has 3 N–H and O–H groups in total. The summed E-state index contributed by atoms with van der Waals surface area (Å²) in [5.74, 6) is 2.67. The number of nitrogens with one attached hydrogen (secondary N) is 2. The number of carbonyl (C=O) groups is 1. The second kappa shape index (κ2) is 8.30. The fourth-order valence-electron chi connectivity index (χ4n) is 2.64. The van der Waals surface area contributed by atoms with Crippen molar-refractivity contribution in [2.24, 2.45) is 5.92 Å². The zero-order chi connectivity index (χ0) is 15.8. The van der Waals surface area contributed by atoms with E-state index in [9.17, 15) is 9.90 Å². The summed E-state index contributed by atoms with van der Waals surface area (Å²) < 4.78 is 0. The minimum atomic E-state index is -0.119. The van der Waals surface area contributed by atoms with Gasteiger partial charge in [-0.05, 0) is 30.9 Å². The molecular formula is C17H23N3O2. The Labute approximate surface area is 131 Å². The second-order valence-corrected chi connectivity index (χ2v) is 5.46. The fourth-order valence-corrected chi connectivity index (χ4v) is 2.64. The van der Waals surface area contributed by atoms with E-state index in [1.54, 1.807) is 0 Å². The number of terminal acetylenes is 1. The van der Waals surface area contributed by atoms with Gasteiger partial charge in [0.05, 0.1) is 24.5 Å². The lowest BCUT2D eigenvalue weighted by molar-refractivity contribution is -0.119. The van der Waals surface area contributed by atoms with Gasteiger partial charge in [0.15, 0.2) is 0 Å². The van der Waals surface area contributed by atoms with Crippen LogP contribution in [-0.2, 0) is 4.79 Å². The number of rotatable bonds is 6. The number of anilines is 2. The van der Waals surface area contributed by atoms with Crippen LogP contribution in [0, 0.1) is 18.3 Å². The van der Waals surface area contributed by atoms with Gasteiger partial charge in [-0.2, -0.15) is 0 Å². The lowest BCUT2D eigenvalue weighted by atomic mass is 9.97.